The smallest absolute Gasteiger partial charge is 0.303 e. The van der Waals surface area contributed by atoms with Gasteiger partial charge in [0.05, 0.1) is 4.90 Å². The number of benzene rings is 2. The zero-order valence-corrected chi connectivity index (χ0v) is 15.3. The number of fused-ring (bicyclic) bond motifs is 2. The van der Waals surface area contributed by atoms with E-state index in [4.69, 9.17) is 5.11 Å². The Hall–Kier alpha value is -2.84. The summed E-state index contributed by atoms with van der Waals surface area (Å²) >= 11 is 0. The maximum atomic E-state index is 12.7. The first-order valence-corrected chi connectivity index (χ1v) is 9.68. The first-order chi connectivity index (χ1) is 12.7. The van der Waals surface area contributed by atoms with Crippen molar-refractivity contribution in [1.29, 1.82) is 0 Å². The Balaban J connectivity index is 1.95. The molecule has 0 saturated carbocycles. The Morgan fingerprint density at radius 1 is 0.963 bits per heavy atom. The van der Waals surface area contributed by atoms with Crippen LogP contribution in [0.2, 0.25) is 0 Å². The highest BCUT2D eigenvalue weighted by atomic mass is 32.2. The fourth-order valence-corrected chi connectivity index (χ4v) is 4.23. The molecule has 2 aromatic rings. The van der Waals surface area contributed by atoms with E-state index in [1.807, 2.05) is 0 Å². The highest BCUT2D eigenvalue weighted by Gasteiger charge is 2.31. The van der Waals surface area contributed by atoms with Crippen LogP contribution < -0.4 is 0 Å². The molecule has 0 amide bonds. The summed E-state index contributed by atoms with van der Waals surface area (Å²) in [5.41, 5.74) is 0.778. The molecule has 0 spiro atoms. The number of carboxylic acids is 1. The zero-order valence-electron chi connectivity index (χ0n) is 14.5. The van der Waals surface area contributed by atoms with Gasteiger partial charge in [0.2, 0.25) is 10.0 Å². The van der Waals surface area contributed by atoms with Crippen molar-refractivity contribution < 1.29 is 27.9 Å². The molecule has 2 aromatic carbocycles. The number of hydrogen-bond acceptors (Lipinski definition) is 5. The average Bonchev–Trinajstić information content (AvgIpc) is 2.65. The van der Waals surface area contributed by atoms with E-state index in [-0.39, 0.29) is 46.8 Å². The maximum Gasteiger partial charge on any atom is 0.303 e. The lowest BCUT2D eigenvalue weighted by Gasteiger charge is -2.20. The fourth-order valence-electron chi connectivity index (χ4n) is 2.99. The third kappa shape index (κ3) is 3.41. The van der Waals surface area contributed by atoms with Crippen LogP contribution in [0, 0.1) is 0 Å². The first kappa shape index (κ1) is 18.9. The van der Waals surface area contributed by atoms with Crippen molar-refractivity contribution in [1.82, 2.24) is 4.31 Å². The van der Waals surface area contributed by atoms with Crippen LogP contribution in [0.15, 0.2) is 47.4 Å². The summed E-state index contributed by atoms with van der Waals surface area (Å²) in [6.07, 6.45) is 0.0224. The molecule has 0 fully saturated rings. The summed E-state index contributed by atoms with van der Waals surface area (Å²) in [7, 11) is -2.57. The van der Waals surface area contributed by atoms with E-state index >= 15 is 0 Å². The van der Waals surface area contributed by atoms with Crippen LogP contribution in [0.3, 0.4) is 0 Å². The van der Waals surface area contributed by atoms with E-state index in [0.29, 0.717) is 5.56 Å². The second-order valence-corrected chi connectivity index (χ2v) is 8.28. The van der Waals surface area contributed by atoms with Gasteiger partial charge in [-0.25, -0.2) is 12.7 Å². The molecule has 0 aromatic heterocycles. The number of hydrogen-bond donors (Lipinski definition) is 1. The molecule has 140 valence electrons. The molecule has 0 atom stereocenters. The van der Waals surface area contributed by atoms with E-state index in [2.05, 4.69) is 0 Å². The largest absolute Gasteiger partial charge is 0.481 e. The van der Waals surface area contributed by atoms with Gasteiger partial charge < -0.3 is 5.11 Å². The molecular weight excluding hydrogens is 370 g/mol. The molecule has 27 heavy (non-hydrogen) atoms. The Labute approximate surface area is 156 Å². The minimum atomic E-state index is -3.91. The molecule has 0 bridgehead atoms. The van der Waals surface area contributed by atoms with Gasteiger partial charge >= 0.3 is 5.97 Å². The zero-order chi connectivity index (χ0) is 19.8. The van der Waals surface area contributed by atoms with E-state index in [1.54, 1.807) is 18.2 Å². The normalized spacial score (nSPS) is 13.4. The van der Waals surface area contributed by atoms with E-state index < -0.39 is 21.8 Å². The third-order valence-corrected chi connectivity index (χ3v) is 6.32. The summed E-state index contributed by atoms with van der Waals surface area (Å²) in [5.74, 6) is -1.72. The quantitative estimate of drug-likeness (QED) is 0.692. The summed E-state index contributed by atoms with van der Waals surface area (Å²) < 4.78 is 26.5. The van der Waals surface area contributed by atoms with Gasteiger partial charge in [-0.15, -0.1) is 0 Å². The van der Waals surface area contributed by atoms with Crippen LogP contribution in [-0.4, -0.2) is 49.0 Å². The lowest BCUT2D eigenvalue weighted by atomic mass is 9.84. The van der Waals surface area contributed by atoms with Gasteiger partial charge in [-0.2, -0.15) is 0 Å². The number of carbonyl (C=O) groups is 3. The second-order valence-electron chi connectivity index (χ2n) is 6.24. The van der Waals surface area contributed by atoms with Crippen molar-refractivity contribution >= 4 is 27.6 Å². The number of sulfonamides is 1. The molecular formula is C19H17NO6S. The molecule has 8 heteroatoms. The number of ketones is 2. The van der Waals surface area contributed by atoms with Crippen molar-refractivity contribution in [2.45, 2.75) is 17.7 Å². The Morgan fingerprint density at radius 3 is 2.11 bits per heavy atom. The van der Waals surface area contributed by atoms with Crippen molar-refractivity contribution in [3.05, 3.63) is 64.7 Å². The van der Waals surface area contributed by atoms with Crippen molar-refractivity contribution in [3.63, 3.8) is 0 Å². The van der Waals surface area contributed by atoms with Crippen LogP contribution in [0.25, 0.3) is 0 Å². The van der Waals surface area contributed by atoms with Gasteiger partial charge in [0.1, 0.15) is 0 Å². The second kappa shape index (κ2) is 7.05. The van der Waals surface area contributed by atoms with Crippen LogP contribution in [0.1, 0.15) is 44.7 Å². The van der Waals surface area contributed by atoms with Crippen molar-refractivity contribution in [2.24, 2.45) is 0 Å². The standard InChI is InChI=1S/C19H17NO6S/c1-20(10-4-7-17(21)22)27(25,26)12-8-9-15-16(11-12)19(24)14-6-3-2-5-13(14)18(15)23/h2-3,5-6,8-9,11H,4,7,10H2,1H3,(H,21,22). The van der Waals surface area contributed by atoms with Gasteiger partial charge in [0.15, 0.2) is 11.6 Å². The molecule has 0 heterocycles. The monoisotopic (exact) mass is 387 g/mol. The molecule has 0 aliphatic heterocycles. The minimum Gasteiger partial charge on any atom is -0.481 e. The lowest BCUT2D eigenvalue weighted by molar-refractivity contribution is -0.137. The van der Waals surface area contributed by atoms with Gasteiger partial charge in [-0.3, -0.25) is 14.4 Å². The Bertz CT molecular complexity index is 1060. The van der Waals surface area contributed by atoms with Crippen LogP contribution in [0.4, 0.5) is 0 Å². The SMILES string of the molecule is CN(CCCC(=O)O)S(=O)(=O)c1ccc2c(c1)C(=O)c1ccccc1C2=O. The molecule has 1 aliphatic rings. The first-order valence-electron chi connectivity index (χ1n) is 8.24. The van der Waals surface area contributed by atoms with Crippen molar-refractivity contribution in [2.75, 3.05) is 13.6 Å². The molecule has 0 radical (unpaired) electrons. The number of rotatable bonds is 6. The Morgan fingerprint density at radius 2 is 1.52 bits per heavy atom. The van der Waals surface area contributed by atoms with E-state index in [9.17, 15) is 22.8 Å². The maximum absolute atomic E-state index is 12.7. The van der Waals surface area contributed by atoms with Gasteiger partial charge in [0.25, 0.3) is 0 Å². The molecule has 7 nitrogen and oxygen atoms in total. The molecule has 1 N–H and O–H groups in total. The van der Waals surface area contributed by atoms with Crippen molar-refractivity contribution in [3.8, 4) is 0 Å². The summed E-state index contributed by atoms with van der Waals surface area (Å²) in [6.45, 7) is 0.0292. The number of carbonyl (C=O) groups excluding carboxylic acids is 2. The predicted octanol–water partition coefficient (Wildman–Crippen LogP) is 1.95. The molecule has 3 rings (SSSR count). The summed E-state index contributed by atoms with van der Waals surface area (Å²) in [6, 6.07) is 10.3. The average molecular weight is 387 g/mol. The minimum absolute atomic E-state index is 0.0292. The summed E-state index contributed by atoms with van der Waals surface area (Å²) in [5, 5.41) is 8.68. The number of carboxylic acid groups (broad SMARTS) is 1. The van der Waals surface area contributed by atoms with Crippen LogP contribution in [0.5, 0.6) is 0 Å². The van der Waals surface area contributed by atoms with Gasteiger partial charge in [-0.05, 0) is 24.6 Å². The van der Waals surface area contributed by atoms with E-state index in [0.717, 1.165) is 4.31 Å². The van der Waals surface area contributed by atoms with E-state index in [1.165, 1.54) is 31.3 Å². The topological polar surface area (TPSA) is 109 Å². The molecule has 0 unspecified atom stereocenters. The molecule has 1 aliphatic carbocycles. The van der Waals surface area contributed by atoms with Gasteiger partial charge in [-0.1, -0.05) is 24.3 Å². The third-order valence-electron chi connectivity index (χ3n) is 4.47. The predicted molar refractivity (Wildman–Crippen MR) is 96.4 cm³/mol. The Kier molecular flexibility index (Phi) is 4.95. The molecule has 0 saturated heterocycles. The summed E-state index contributed by atoms with van der Waals surface area (Å²) in [4.78, 5) is 35.8. The highest BCUT2D eigenvalue weighted by Crippen LogP contribution is 2.29. The van der Waals surface area contributed by atoms with Crippen LogP contribution >= 0.6 is 0 Å². The fraction of sp³-hybridized carbons (Fsp3) is 0.211. The van der Waals surface area contributed by atoms with Crippen LogP contribution in [-0.2, 0) is 14.8 Å². The lowest BCUT2D eigenvalue weighted by Crippen LogP contribution is -2.29. The highest BCUT2D eigenvalue weighted by molar-refractivity contribution is 7.89. The van der Waals surface area contributed by atoms with Gasteiger partial charge in [0, 0.05) is 42.3 Å². The number of nitrogens with zero attached hydrogens (tertiary/aromatic N) is 1. The number of aliphatic carboxylic acids is 1.